The lowest BCUT2D eigenvalue weighted by molar-refractivity contribution is 0.0934. The van der Waals surface area contributed by atoms with E-state index in [1.54, 1.807) is 7.11 Å². The van der Waals surface area contributed by atoms with Gasteiger partial charge in [-0.2, -0.15) is 0 Å². The van der Waals surface area contributed by atoms with E-state index in [9.17, 15) is 4.79 Å². The zero-order valence-electron chi connectivity index (χ0n) is 13.5. The fourth-order valence-corrected chi connectivity index (χ4v) is 3.76. The zero-order chi connectivity index (χ0) is 16.2. The molecule has 2 aromatic rings. The van der Waals surface area contributed by atoms with Crippen molar-refractivity contribution in [2.24, 2.45) is 0 Å². The minimum Gasteiger partial charge on any atom is -0.497 e. The summed E-state index contributed by atoms with van der Waals surface area (Å²) in [5, 5.41) is 5.15. The molecule has 0 aliphatic carbocycles. The van der Waals surface area contributed by atoms with Crippen LogP contribution in [0.2, 0.25) is 0 Å². The summed E-state index contributed by atoms with van der Waals surface area (Å²) in [6, 6.07) is 10.4. The van der Waals surface area contributed by atoms with Crippen LogP contribution in [0.5, 0.6) is 5.75 Å². The van der Waals surface area contributed by atoms with Crippen LogP contribution in [-0.2, 0) is 0 Å². The molecule has 0 bridgehead atoms. The summed E-state index contributed by atoms with van der Waals surface area (Å²) < 4.78 is 5.20. The summed E-state index contributed by atoms with van der Waals surface area (Å²) in [7, 11) is 1.68. The molecule has 0 unspecified atom stereocenters. The van der Waals surface area contributed by atoms with E-state index in [0.29, 0.717) is 0 Å². The third-order valence-corrected chi connectivity index (χ3v) is 5.35. The number of nitrogens with zero attached hydrogens (tertiary/aromatic N) is 1. The Morgan fingerprint density at radius 1 is 1.22 bits per heavy atom. The second-order valence-electron chi connectivity index (χ2n) is 5.87. The van der Waals surface area contributed by atoms with E-state index in [1.165, 1.54) is 17.0 Å². The molecular formula is C18H22N2O2S. The van der Waals surface area contributed by atoms with Crippen molar-refractivity contribution >= 4 is 22.9 Å². The van der Waals surface area contributed by atoms with Crippen molar-refractivity contribution in [3.05, 3.63) is 46.2 Å². The van der Waals surface area contributed by atoms with Gasteiger partial charge in [-0.3, -0.25) is 4.79 Å². The lowest BCUT2D eigenvalue weighted by atomic mass is 10.0. The van der Waals surface area contributed by atoms with Gasteiger partial charge in [-0.15, -0.1) is 11.3 Å². The molecule has 0 radical (unpaired) electrons. The van der Waals surface area contributed by atoms with E-state index in [4.69, 9.17) is 4.74 Å². The Labute approximate surface area is 141 Å². The Bertz CT molecular complexity index is 658. The molecule has 0 atom stereocenters. The Kier molecular flexibility index (Phi) is 4.86. The first-order valence-corrected chi connectivity index (χ1v) is 8.79. The van der Waals surface area contributed by atoms with Crippen LogP contribution in [0.25, 0.3) is 0 Å². The molecule has 2 heterocycles. The predicted octanol–water partition coefficient (Wildman–Crippen LogP) is 3.46. The number of carbonyl (C=O) groups excluding carboxylic acids is 1. The number of anilines is 1. The molecule has 1 aliphatic rings. The van der Waals surface area contributed by atoms with Gasteiger partial charge in [0.25, 0.3) is 5.91 Å². The number of piperidine rings is 1. The molecule has 3 rings (SSSR count). The van der Waals surface area contributed by atoms with E-state index in [2.05, 4.69) is 22.3 Å². The van der Waals surface area contributed by atoms with Crippen LogP contribution in [0.15, 0.2) is 35.7 Å². The maximum absolute atomic E-state index is 12.3. The van der Waals surface area contributed by atoms with E-state index >= 15 is 0 Å². The molecule has 0 saturated carbocycles. The molecule has 4 nitrogen and oxygen atoms in total. The topological polar surface area (TPSA) is 41.6 Å². The largest absolute Gasteiger partial charge is 0.497 e. The maximum Gasteiger partial charge on any atom is 0.261 e. The number of aryl methyl sites for hydroxylation is 1. The summed E-state index contributed by atoms with van der Waals surface area (Å²) >= 11 is 1.51. The van der Waals surface area contributed by atoms with Gasteiger partial charge in [0.2, 0.25) is 0 Å². The van der Waals surface area contributed by atoms with Crippen molar-refractivity contribution < 1.29 is 9.53 Å². The number of rotatable bonds is 4. The van der Waals surface area contributed by atoms with E-state index in [-0.39, 0.29) is 11.9 Å². The number of thiophene rings is 1. The normalized spacial score (nSPS) is 15.5. The third-order valence-electron chi connectivity index (χ3n) is 4.34. The highest BCUT2D eigenvalue weighted by atomic mass is 32.1. The summed E-state index contributed by atoms with van der Waals surface area (Å²) in [5.41, 5.74) is 2.27. The lowest BCUT2D eigenvalue weighted by Gasteiger charge is -2.34. The van der Waals surface area contributed by atoms with Gasteiger partial charge in [0.15, 0.2) is 0 Å². The van der Waals surface area contributed by atoms with E-state index in [0.717, 1.165) is 42.1 Å². The van der Waals surface area contributed by atoms with Crippen molar-refractivity contribution in [1.29, 1.82) is 0 Å². The quantitative estimate of drug-likeness (QED) is 0.933. The van der Waals surface area contributed by atoms with E-state index in [1.807, 2.05) is 30.5 Å². The first-order chi connectivity index (χ1) is 11.2. The Morgan fingerprint density at radius 2 is 1.91 bits per heavy atom. The lowest BCUT2D eigenvalue weighted by Crippen LogP contribution is -2.44. The highest BCUT2D eigenvalue weighted by Gasteiger charge is 2.22. The van der Waals surface area contributed by atoms with Crippen LogP contribution in [0.4, 0.5) is 5.69 Å². The van der Waals surface area contributed by atoms with Gasteiger partial charge in [0, 0.05) is 24.8 Å². The first-order valence-electron chi connectivity index (χ1n) is 7.91. The summed E-state index contributed by atoms with van der Waals surface area (Å²) in [4.78, 5) is 15.5. The Hall–Kier alpha value is -2.01. The molecule has 1 aliphatic heterocycles. The molecule has 1 N–H and O–H groups in total. The van der Waals surface area contributed by atoms with Gasteiger partial charge in [-0.1, -0.05) is 0 Å². The zero-order valence-corrected chi connectivity index (χ0v) is 14.4. The summed E-state index contributed by atoms with van der Waals surface area (Å²) in [6.07, 6.45) is 1.95. The number of nitrogens with one attached hydrogen (secondary N) is 1. The smallest absolute Gasteiger partial charge is 0.261 e. The summed E-state index contributed by atoms with van der Waals surface area (Å²) in [6.45, 7) is 3.90. The Balaban J connectivity index is 1.54. The number of amides is 1. The SMILES string of the molecule is COc1ccc(N2CCC(NC(=O)c3sccc3C)CC2)cc1. The fraction of sp³-hybridized carbons (Fsp3) is 0.389. The van der Waals surface area contributed by atoms with Crippen LogP contribution >= 0.6 is 11.3 Å². The van der Waals surface area contributed by atoms with Crippen LogP contribution in [0, 0.1) is 6.92 Å². The van der Waals surface area contributed by atoms with Crippen LogP contribution < -0.4 is 15.0 Å². The number of benzene rings is 1. The van der Waals surface area contributed by atoms with Gasteiger partial charge in [-0.25, -0.2) is 0 Å². The first kappa shape index (κ1) is 15.9. The average Bonchev–Trinajstić information content (AvgIpc) is 3.02. The van der Waals surface area contributed by atoms with Crippen LogP contribution in [0.3, 0.4) is 0 Å². The minimum atomic E-state index is 0.0698. The molecule has 23 heavy (non-hydrogen) atoms. The molecule has 1 saturated heterocycles. The van der Waals surface area contributed by atoms with Crippen LogP contribution in [0.1, 0.15) is 28.1 Å². The monoisotopic (exact) mass is 330 g/mol. The minimum absolute atomic E-state index is 0.0698. The molecule has 0 spiro atoms. The van der Waals surface area contributed by atoms with E-state index < -0.39 is 0 Å². The molecule has 1 aromatic carbocycles. The standard InChI is InChI=1S/C18H22N2O2S/c1-13-9-12-23-17(13)18(21)19-14-7-10-20(11-8-14)15-3-5-16(22-2)6-4-15/h3-6,9,12,14H,7-8,10-11H2,1-2H3,(H,19,21). The molecule has 1 amide bonds. The molecule has 5 heteroatoms. The maximum atomic E-state index is 12.3. The van der Waals surface area contributed by atoms with Crippen molar-refractivity contribution in [3.63, 3.8) is 0 Å². The average molecular weight is 330 g/mol. The molecular weight excluding hydrogens is 308 g/mol. The number of methoxy groups -OCH3 is 1. The molecule has 1 fully saturated rings. The van der Waals surface area contributed by atoms with Crippen LogP contribution in [-0.4, -0.2) is 32.1 Å². The second-order valence-corrected chi connectivity index (χ2v) is 6.78. The molecule has 122 valence electrons. The summed E-state index contributed by atoms with van der Waals surface area (Å²) in [5.74, 6) is 0.947. The fourth-order valence-electron chi connectivity index (χ4n) is 2.93. The van der Waals surface area contributed by atoms with Gasteiger partial charge < -0.3 is 15.0 Å². The number of carbonyl (C=O) groups is 1. The van der Waals surface area contributed by atoms with Gasteiger partial charge in [0.1, 0.15) is 5.75 Å². The second kappa shape index (κ2) is 7.04. The van der Waals surface area contributed by atoms with Crippen molar-refractivity contribution in [2.45, 2.75) is 25.8 Å². The van der Waals surface area contributed by atoms with Crippen molar-refractivity contribution in [2.75, 3.05) is 25.1 Å². The van der Waals surface area contributed by atoms with Gasteiger partial charge >= 0.3 is 0 Å². The highest BCUT2D eigenvalue weighted by molar-refractivity contribution is 7.12. The van der Waals surface area contributed by atoms with Gasteiger partial charge in [0.05, 0.1) is 12.0 Å². The number of hydrogen-bond acceptors (Lipinski definition) is 4. The van der Waals surface area contributed by atoms with Crippen molar-refractivity contribution in [3.8, 4) is 5.75 Å². The highest BCUT2D eigenvalue weighted by Crippen LogP contribution is 2.23. The van der Waals surface area contributed by atoms with Gasteiger partial charge in [-0.05, 0) is 61.0 Å². The van der Waals surface area contributed by atoms with Crippen molar-refractivity contribution in [1.82, 2.24) is 5.32 Å². The Morgan fingerprint density at radius 3 is 2.48 bits per heavy atom. The molecule has 1 aromatic heterocycles. The predicted molar refractivity (Wildman–Crippen MR) is 94.8 cm³/mol. The number of hydrogen-bond donors (Lipinski definition) is 1. The number of ether oxygens (including phenoxy) is 1. The third kappa shape index (κ3) is 3.67.